The number of aromatic nitrogens is 2. The molecule has 1 aromatic carbocycles. The first-order chi connectivity index (χ1) is 21.1. The molecule has 0 fully saturated rings. The molecule has 3 atom stereocenters. The van der Waals surface area contributed by atoms with E-state index >= 15 is 0 Å². The summed E-state index contributed by atoms with van der Waals surface area (Å²) in [5.41, 5.74) is 1.53. The van der Waals surface area contributed by atoms with E-state index in [0.29, 0.717) is 18.5 Å². The molecule has 0 saturated heterocycles. The Morgan fingerprint density at radius 2 is 1.50 bits per heavy atom. The first kappa shape index (κ1) is 36.5. The summed E-state index contributed by atoms with van der Waals surface area (Å²) >= 11 is 0. The number of nitrogens with zero attached hydrogens (tertiary/aromatic N) is 1. The van der Waals surface area contributed by atoms with E-state index in [2.05, 4.69) is 32.8 Å². The van der Waals surface area contributed by atoms with Crippen molar-refractivity contribution in [2.45, 2.75) is 124 Å². The lowest BCUT2D eigenvalue weighted by Crippen LogP contribution is -2.57. The molecule has 4 N–H and O–H groups in total. The average molecular weight is 612 g/mol. The fourth-order valence-electron chi connectivity index (χ4n) is 4.88. The minimum Gasteiger partial charge on any atom is -0.459 e. The molecule has 10 heteroatoms. The summed E-state index contributed by atoms with van der Waals surface area (Å²) in [4.78, 5) is 59.9. The number of esters is 1. The molecule has 3 amide bonds. The van der Waals surface area contributed by atoms with Gasteiger partial charge in [0.1, 0.15) is 24.7 Å². The lowest BCUT2D eigenvalue weighted by molar-refractivity contribution is -0.150. The number of amides is 3. The monoisotopic (exact) mass is 611 g/mol. The maximum atomic E-state index is 13.6. The largest absolute Gasteiger partial charge is 0.459 e. The Morgan fingerprint density at radius 1 is 0.841 bits per heavy atom. The van der Waals surface area contributed by atoms with E-state index in [9.17, 15) is 19.2 Å². The SMILES string of the molecule is CCCCCCCCCC(=O)N[C@@H](Cc1cnc[nH]1)C(=O)N[C@@H](CC(C)C)C(=O)N[C@H](C(=O)OCc1ccccc1)C(C)C. The van der Waals surface area contributed by atoms with Crippen molar-refractivity contribution in [3.05, 3.63) is 54.1 Å². The highest BCUT2D eigenvalue weighted by molar-refractivity contribution is 5.93. The zero-order chi connectivity index (χ0) is 32.3. The first-order valence-corrected chi connectivity index (χ1v) is 16.2. The third kappa shape index (κ3) is 14.2. The van der Waals surface area contributed by atoms with Gasteiger partial charge in [-0.2, -0.15) is 0 Å². The average Bonchev–Trinajstić information content (AvgIpc) is 3.50. The number of hydrogen-bond donors (Lipinski definition) is 4. The Morgan fingerprint density at radius 3 is 2.11 bits per heavy atom. The van der Waals surface area contributed by atoms with Gasteiger partial charge in [0.05, 0.1) is 6.33 Å². The first-order valence-electron chi connectivity index (χ1n) is 16.2. The van der Waals surface area contributed by atoms with E-state index in [0.717, 1.165) is 24.8 Å². The summed E-state index contributed by atoms with van der Waals surface area (Å²) in [6, 6.07) is 6.63. The topological polar surface area (TPSA) is 142 Å². The highest BCUT2D eigenvalue weighted by Crippen LogP contribution is 2.12. The summed E-state index contributed by atoms with van der Waals surface area (Å²) < 4.78 is 5.50. The van der Waals surface area contributed by atoms with Crippen LogP contribution in [0.2, 0.25) is 0 Å². The molecule has 2 rings (SSSR count). The van der Waals surface area contributed by atoms with Gasteiger partial charge in [0.15, 0.2) is 0 Å². The number of benzene rings is 1. The van der Waals surface area contributed by atoms with Gasteiger partial charge in [-0.3, -0.25) is 14.4 Å². The van der Waals surface area contributed by atoms with Crippen molar-refractivity contribution in [1.29, 1.82) is 0 Å². The Bertz CT molecular complexity index is 1120. The Labute approximate surface area is 262 Å². The van der Waals surface area contributed by atoms with E-state index in [1.807, 2.05) is 58.0 Å². The van der Waals surface area contributed by atoms with E-state index in [1.165, 1.54) is 32.0 Å². The molecule has 0 aliphatic rings. The van der Waals surface area contributed by atoms with Crippen molar-refractivity contribution >= 4 is 23.7 Å². The van der Waals surface area contributed by atoms with E-state index < -0.39 is 35.9 Å². The molecule has 0 aliphatic carbocycles. The second kappa shape index (κ2) is 20.3. The van der Waals surface area contributed by atoms with E-state index in [-0.39, 0.29) is 30.8 Å². The van der Waals surface area contributed by atoms with Gasteiger partial charge in [-0.25, -0.2) is 9.78 Å². The molecule has 0 bridgehead atoms. The van der Waals surface area contributed by atoms with Crippen LogP contribution in [0.1, 0.15) is 104 Å². The predicted molar refractivity (Wildman–Crippen MR) is 171 cm³/mol. The third-order valence-electron chi connectivity index (χ3n) is 7.42. The van der Waals surface area contributed by atoms with Crippen LogP contribution >= 0.6 is 0 Å². The quantitative estimate of drug-likeness (QED) is 0.116. The van der Waals surface area contributed by atoms with Gasteiger partial charge in [0.25, 0.3) is 0 Å². The van der Waals surface area contributed by atoms with Crippen LogP contribution in [0.15, 0.2) is 42.9 Å². The summed E-state index contributed by atoms with van der Waals surface area (Å²) in [7, 11) is 0. The number of aromatic amines is 1. The van der Waals surface area contributed by atoms with Crippen molar-refractivity contribution in [2.24, 2.45) is 11.8 Å². The maximum absolute atomic E-state index is 13.6. The van der Waals surface area contributed by atoms with Gasteiger partial charge in [0.2, 0.25) is 17.7 Å². The van der Waals surface area contributed by atoms with Gasteiger partial charge in [0, 0.05) is 24.7 Å². The summed E-state index contributed by atoms with van der Waals surface area (Å²) in [5, 5.41) is 8.53. The zero-order valence-corrected chi connectivity index (χ0v) is 27.2. The molecule has 0 unspecified atom stereocenters. The molecule has 1 aromatic heterocycles. The number of rotatable bonds is 21. The van der Waals surface area contributed by atoms with Gasteiger partial charge >= 0.3 is 5.97 Å². The van der Waals surface area contributed by atoms with Crippen molar-refractivity contribution in [3.63, 3.8) is 0 Å². The second-order valence-electron chi connectivity index (χ2n) is 12.3. The molecule has 0 radical (unpaired) electrons. The number of imidazole rings is 1. The highest BCUT2D eigenvalue weighted by atomic mass is 16.5. The number of hydrogen-bond acceptors (Lipinski definition) is 6. The van der Waals surface area contributed by atoms with Gasteiger partial charge in [-0.1, -0.05) is 103 Å². The number of ether oxygens (including phenoxy) is 1. The highest BCUT2D eigenvalue weighted by Gasteiger charge is 2.32. The van der Waals surface area contributed by atoms with Crippen molar-refractivity contribution in [2.75, 3.05) is 0 Å². The van der Waals surface area contributed by atoms with Crippen LogP contribution in [0, 0.1) is 11.8 Å². The fourth-order valence-corrected chi connectivity index (χ4v) is 4.88. The van der Waals surface area contributed by atoms with Crippen LogP contribution in [-0.2, 0) is 36.9 Å². The van der Waals surface area contributed by atoms with Crippen LogP contribution in [0.5, 0.6) is 0 Å². The fraction of sp³-hybridized carbons (Fsp3) is 0.618. The standard InChI is InChI=1S/C34H53N5O5/c1-6-7-8-9-10-11-15-18-30(40)37-29(20-27-21-35-23-36-27)32(41)38-28(19-24(2)3)33(42)39-31(25(4)5)34(43)44-22-26-16-13-12-14-17-26/h12-14,16-17,21,23-25,28-29,31H,6-11,15,18-20,22H2,1-5H3,(H,35,36)(H,37,40)(H,38,41)(H,39,42)/t28-,29-,31-/m0/s1. The summed E-state index contributed by atoms with van der Waals surface area (Å²) in [6.07, 6.45) is 11.6. The van der Waals surface area contributed by atoms with Crippen LogP contribution in [0.25, 0.3) is 0 Å². The molecule has 44 heavy (non-hydrogen) atoms. The molecule has 2 aromatic rings. The molecular formula is C34H53N5O5. The van der Waals surface area contributed by atoms with Gasteiger partial charge in [-0.05, 0) is 30.2 Å². The number of unbranched alkanes of at least 4 members (excludes halogenated alkanes) is 6. The maximum Gasteiger partial charge on any atom is 0.329 e. The number of nitrogens with one attached hydrogen (secondary N) is 4. The number of carbonyl (C=O) groups excluding carboxylic acids is 4. The molecular weight excluding hydrogens is 558 g/mol. The van der Waals surface area contributed by atoms with Crippen LogP contribution in [0.3, 0.4) is 0 Å². The van der Waals surface area contributed by atoms with Crippen LogP contribution in [0.4, 0.5) is 0 Å². The predicted octanol–water partition coefficient (Wildman–Crippen LogP) is 4.99. The molecule has 0 spiro atoms. The molecule has 0 aliphatic heterocycles. The molecule has 244 valence electrons. The number of H-pyrrole nitrogens is 1. The van der Waals surface area contributed by atoms with Gasteiger partial charge < -0.3 is 25.7 Å². The molecule has 0 saturated carbocycles. The Hall–Kier alpha value is -3.69. The second-order valence-corrected chi connectivity index (χ2v) is 12.3. The van der Waals surface area contributed by atoms with Crippen LogP contribution in [-0.4, -0.2) is 51.8 Å². The normalized spacial score (nSPS) is 13.2. The Kier molecular flexibility index (Phi) is 16.8. The minimum absolute atomic E-state index is 0.0755. The number of carbonyl (C=O) groups is 4. The lowest BCUT2D eigenvalue weighted by atomic mass is 9.99. The van der Waals surface area contributed by atoms with Gasteiger partial charge in [-0.15, -0.1) is 0 Å². The minimum atomic E-state index is -0.907. The smallest absolute Gasteiger partial charge is 0.329 e. The Balaban J connectivity index is 2.04. The zero-order valence-electron chi connectivity index (χ0n) is 27.2. The van der Waals surface area contributed by atoms with Crippen molar-refractivity contribution < 1.29 is 23.9 Å². The molecule has 10 nitrogen and oxygen atoms in total. The summed E-state index contributed by atoms with van der Waals surface area (Å²) in [5.74, 6) is -1.85. The third-order valence-corrected chi connectivity index (χ3v) is 7.42. The van der Waals surface area contributed by atoms with Crippen molar-refractivity contribution in [3.8, 4) is 0 Å². The van der Waals surface area contributed by atoms with Crippen LogP contribution < -0.4 is 16.0 Å². The lowest BCUT2D eigenvalue weighted by Gasteiger charge is -2.27. The van der Waals surface area contributed by atoms with Crippen molar-refractivity contribution in [1.82, 2.24) is 25.9 Å². The van der Waals surface area contributed by atoms with E-state index in [1.54, 1.807) is 6.20 Å². The summed E-state index contributed by atoms with van der Waals surface area (Å²) in [6.45, 7) is 9.83. The van der Waals surface area contributed by atoms with E-state index in [4.69, 9.17) is 4.74 Å². The molecule has 1 heterocycles.